The van der Waals surface area contributed by atoms with Gasteiger partial charge in [0.15, 0.2) is 0 Å². The molecule has 1 nitrogen and oxygen atoms in total. The molecule has 0 rings (SSSR count). The Balaban J connectivity index is 3.58. The first-order chi connectivity index (χ1) is 3.12. The lowest BCUT2D eigenvalue weighted by Crippen LogP contribution is -2.15. The van der Waals surface area contributed by atoms with Gasteiger partial charge in [0.1, 0.15) is 0 Å². The molecule has 1 atom stereocenters. The van der Waals surface area contributed by atoms with Crippen LogP contribution in [0.25, 0.3) is 0 Å². The van der Waals surface area contributed by atoms with E-state index in [1.165, 1.54) is 0 Å². The lowest BCUT2D eigenvalue weighted by atomic mass is 10.1. The summed E-state index contributed by atoms with van der Waals surface area (Å²) in [6.45, 7) is 7.45. The van der Waals surface area contributed by atoms with Gasteiger partial charge in [0.2, 0.25) is 4.75 Å². The van der Waals surface area contributed by atoms with E-state index in [1.807, 2.05) is 13.8 Å². The van der Waals surface area contributed by atoms with Crippen LogP contribution in [0.15, 0.2) is 0 Å². The lowest BCUT2D eigenvalue weighted by Gasteiger charge is -1.94. The molecule has 7 heavy (non-hydrogen) atoms. The molecule has 2 heteroatoms. The van der Waals surface area contributed by atoms with Crippen LogP contribution in [0.1, 0.15) is 20.3 Å². The molecule has 0 bridgehead atoms. The van der Waals surface area contributed by atoms with Crippen molar-refractivity contribution in [3.8, 4) is 0 Å². The molecule has 0 N–H and O–H groups in total. The predicted octanol–water partition coefficient (Wildman–Crippen LogP) is 1.42. The van der Waals surface area contributed by atoms with Crippen molar-refractivity contribution in [3.05, 3.63) is 6.92 Å². The predicted molar refractivity (Wildman–Crippen MR) is 32.1 cm³/mol. The minimum absolute atomic E-state index is 0.306. The molecule has 0 fully saturated rings. The molecule has 41 valence electrons. The van der Waals surface area contributed by atoms with Gasteiger partial charge in [-0.05, 0) is 0 Å². The highest BCUT2D eigenvalue weighted by molar-refractivity contribution is 7.67. The second-order valence-electron chi connectivity index (χ2n) is 1.89. The Kier molecular flexibility index (Phi) is 2.37. The van der Waals surface area contributed by atoms with Crippen LogP contribution in [-0.4, -0.2) is 4.75 Å². The largest absolute Gasteiger partial charge is 0.465 e. The van der Waals surface area contributed by atoms with Crippen LogP contribution in [0.2, 0.25) is 0 Å². The Morgan fingerprint density at radius 1 is 1.86 bits per heavy atom. The maximum absolute atomic E-state index is 10.0. The second kappa shape index (κ2) is 2.36. The number of hydrogen-bond donors (Lipinski definition) is 0. The number of hydrogen-bond acceptors (Lipinski definition) is 1. The van der Waals surface area contributed by atoms with Gasteiger partial charge < -0.3 is 0 Å². The molecule has 0 aliphatic rings. The fraction of sp³-hybridized carbons (Fsp3) is 0.800. The first kappa shape index (κ1) is 7.02. The van der Waals surface area contributed by atoms with Crippen molar-refractivity contribution in [2.75, 3.05) is 0 Å². The average molecular weight is 118 g/mol. The molecule has 0 aliphatic heterocycles. The normalized spacial score (nSPS) is 11.3. The van der Waals surface area contributed by atoms with Gasteiger partial charge in [0, 0.05) is 24.5 Å². The van der Waals surface area contributed by atoms with E-state index < -0.39 is 0 Å². The summed E-state index contributed by atoms with van der Waals surface area (Å²) in [5, 5.41) is 0. The molecule has 0 saturated heterocycles. The molecule has 0 aromatic rings. The van der Waals surface area contributed by atoms with E-state index in [9.17, 15) is 4.21 Å². The molecule has 0 saturated carbocycles. The highest BCUT2D eigenvalue weighted by atomic mass is 32.1. The van der Waals surface area contributed by atoms with Crippen molar-refractivity contribution < 1.29 is 4.21 Å². The molecular weight excluding hydrogens is 108 g/mol. The van der Waals surface area contributed by atoms with E-state index in [4.69, 9.17) is 0 Å². The Labute approximate surface area is 48.6 Å². The van der Waals surface area contributed by atoms with E-state index >= 15 is 0 Å². The van der Waals surface area contributed by atoms with Gasteiger partial charge in [-0.3, -0.25) is 0 Å². The maximum atomic E-state index is 10.0. The molecule has 0 heterocycles. The molecule has 0 spiro atoms. The zero-order chi connectivity index (χ0) is 5.91. The van der Waals surface area contributed by atoms with Crippen molar-refractivity contribution >= 4 is 11.7 Å². The molecule has 1 unspecified atom stereocenters. The van der Waals surface area contributed by atoms with Crippen LogP contribution in [-0.2, 0) is 15.9 Å². The summed E-state index contributed by atoms with van der Waals surface area (Å²) in [7, 11) is 0. The Morgan fingerprint density at radius 2 is 2.29 bits per heavy atom. The summed E-state index contributed by atoms with van der Waals surface area (Å²) < 4.78 is 9.73. The highest BCUT2D eigenvalue weighted by Crippen LogP contribution is 2.07. The van der Waals surface area contributed by atoms with Crippen molar-refractivity contribution in [2.45, 2.75) is 25.0 Å². The first-order valence-electron chi connectivity index (χ1n) is 2.29. The van der Waals surface area contributed by atoms with Crippen LogP contribution in [0.5, 0.6) is 0 Å². The van der Waals surface area contributed by atoms with Crippen LogP contribution in [0.3, 0.4) is 0 Å². The molecule has 0 amide bonds. The summed E-state index contributed by atoms with van der Waals surface area (Å²) in [4.78, 5) is 0. The third-order valence-corrected chi connectivity index (χ3v) is 1.64. The summed E-state index contributed by atoms with van der Waals surface area (Å²) in [6, 6.07) is 0. The zero-order valence-corrected chi connectivity index (χ0v) is 5.55. The molecular formula is C5H10OS+. The Bertz CT molecular complexity index is 68.5. The van der Waals surface area contributed by atoms with E-state index in [1.54, 1.807) is 0 Å². The monoisotopic (exact) mass is 118 g/mol. The van der Waals surface area contributed by atoms with Crippen LogP contribution in [0.4, 0.5) is 0 Å². The van der Waals surface area contributed by atoms with Crippen LogP contribution in [0, 0.1) is 6.92 Å². The molecule has 1 radical (unpaired) electrons. The Hall–Kier alpha value is 0.0200. The summed E-state index contributed by atoms with van der Waals surface area (Å²) >= 11 is 0.566. The smallest absolute Gasteiger partial charge is 0.0595 e. The topological polar surface area (TPSA) is 17.1 Å². The standard InChI is InChI=1S/C5H10OS/c1-4-5(2,3)7-6/h2,4H2,1,3H3/q+1. The molecule has 0 aromatic carbocycles. The van der Waals surface area contributed by atoms with Gasteiger partial charge in [-0.2, -0.15) is 0 Å². The average Bonchev–Trinajstić information content (AvgIpc) is 1.68. The van der Waals surface area contributed by atoms with Gasteiger partial charge in [0.05, 0.1) is 0 Å². The summed E-state index contributed by atoms with van der Waals surface area (Å²) in [5.41, 5.74) is 0. The van der Waals surface area contributed by atoms with Crippen molar-refractivity contribution in [1.29, 1.82) is 0 Å². The minimum atomic E-state index is -0.306. The van der Waals surface area contributed by atoms with Gasteiger partial charge in [-0.1, -0.05) is 6.92 Å². The third-order valence-electron chi connectivity index (χ3n) is 0.949. The fourth-order valence-electron chi connectivity index (χ4n) is 0.0589. The van der Waals surface area contributed by atoms with Crippen molar-refractivity contribution in [2.24, 2.45) is 0 Å². The lowest BCUT2D eigenvalue weighted by molar-refractivity contribution is 0.585. The van der Waals surface area contributed by atoms with E-state index in [-0.39, 0.29) is 4.75 Å². The maximum Gasteiger partial charge on any atom is 0.465 e. The zero-order valence-electron chi connectivity index (χ0n) is 4.73. The van der Waals surface area contributed by atoms with Crippen LogP contribution < -0.4 is 0 Å². The quantitative estimate of drug-likeness (QED) is 0.501. The van der Waals surface area contributed by atoms with Crippen LogP contribution >= 0.6 is 0 Å². The second-order valence-corrected chi connectivity index (χ2v) is 3.04. The SMILES string of the molecule is [CH2]C(C)(CC)[S+]=O. The third kappa shape index (κ3) is 2.68. The van der Waals surface area contributed by atoms with Gasteiger partial charge in [-0.15, -0.1) is 0 Å². The highest BCUT2D eigenvalue weighted by Gasteiger charge is 2.29. The summed E-state index contributed by atoms with van der Waals surface area (Å²) in [6.07, 6.45) is 0.834. The van der Waals surface area contributed by atoms with Crippen molar-refractivity contribution in [1.82, 2.24) is 0 Å². The van der Waals surface area contributed by atoms with E-state index in [2.05, 4.69) is 6.92 Å². The Morgan fingerprint density at radius 3 is 2.29 bits per heavy atom. The fourth-order valence-corrected chi connectivity index (χ4v) is 0.177. The van der Waals surface area contributed by atoms with Crippen molar-refractivity contribution in [3.63, 3.8) is 0 Å². The van der Waals surface area contributed by atoms with Gasteiger partial charge in [-0.25, -0.2) is 0 Å². The van der Waals surface area contributed by atoms with E-state index in [0.29, 0.717) is 11.7 Å². The van der Waals surface area contributed by atoms with Gasteiger partial charge >= 0.3 is 11.7 Å². The minimum Gasteiger partial charge on any atom is -0.0595 e. The van der Waals surface area contributed by atoms with E-state index in [0.717, 1.165) is 6.42 Å². The summed E-state index contributed by atoms with van der Waals surface area (Å²) in [5.74, 6) is 0. The first-order valence-corrected chi connectivity index (χ1v) is 3.03. The molecule has 0 aromatic heterocycles. The number of rotatable bonds is 2. The molecule has 0 aliphatic carbocycles. The van der Waals surface area contributed by atoms with Gasteiger partial charge in [0.25, 0.3) is 0 Å².